The maximum Gasteiger partial charge on any atom is 0.266 e. The highest BCUT2D eigenvalue weighted by Gasteiger charge is 2.26. The maximum atomic E-state index is 12.8. The van der Waals surface area contributed by atoms with E-state index in [1.165, 1.54) is 0 Å². The molecular formula is C21H21N3O3S. The molecular weight excluding hydrogens is 374 g/mol. The van der Waals surface area contributed by atoms with Gasteiger partial charge in [0.25, 0.3) is 5.91 Å². The standard InChI is InChI=1S/C21H21N3O3S/c1-14(27-17-6-4-3-5-7-17)21(25)22-20-18-12-28-13-19(18)23-24(20)15-8-10-16(26-2)11-9-15/h3-11,14H,12-13H2,1-2H3,(H,22,25)/t14-/m1/s1. The van der Waals surface area contributed by atoms with Crippen molar-refractivity contribution in [2.45, 2.75) is 24.5 Å². The number of nitrogens with one attached hydrogen (secondary N) is 1. The maximum absolute atomic E-state index is 12.8. The third kappa shape index (κ3) is 3.71. The number of amides is 1. The number of thioether (sulfide) groups is 1. The van der Waals surface area contributed by atoms with E-state index in [2.05, 4.69) is 5.32 Å². The Morgan fingerprint density at radius 1 is 1.11 bits per heavy atom. The quantitative estimate of drug-likeness (QED) is 0.683. The molecule has 4 rings (SSSR count). The highest BCUT2D eigenvalue weighted by Crippen LogP contribution is 2.36. The van der Waals surface area contributed by atoms with E-state index < -0.39 is 6.10 Å². The van der Waals surface area contributed by atoms with Crippen molar-refractivity contribution >= 4 is 23.5 Å². The first-order chi connectivity index (χ1) is 13.7. The lowest BCUT2D eigenvalue weighted by Gasteiger charge is -2.16. The van der Waals surface area contributed by atoms with Gasteiger partial charge in [-0.05, 0) is 43.3 Å². The second-order valence-corrected chi connectivity index (χ2v) is 7.42. The molecule has 1 aromatic heterocycles. The van der Waals surface area contributed by atoms with Crippen LogP contribution < -0.4 is 14.8 Å². The largest absolute Gasteiger partial charge is 0.497 e. The molecule has 0 radical (unpaired) electrons. The van der Waals surface area contributed by atoms with Crippen LogP contribution in [-0.2, 0) is 16.3 Å². The molecule has 3 aromatic rings. The third-order valence-electron chi connectivity index (χ3n) is 4.54. The topological polar surface area (TPSA) is 65.4 Å². The minimum atomic E-state index is -0.633. The molecule has 0 unspecified atom stereocenters. The van der Waals surface area contributed by atoms with E-state index >= 15 is 0 Å². The van der Waals surface area contributed by atoms with Gasteiger partial charge < -0.3 is 14.8 Å². The summed E-state index contributed by atoms with van der Waals surface area (Å²) in [7, 11) is 1.63. The van der Waals surface area contributed by atoms with Gasteiger partial charge in [0.15, 0.2) is 6.10 Å². The number of para-hydroxylation sites is 1. The van der Waals surface area contributed by atoms with Crippen molar-refractivity contribution in [2.75, 3.05) is 12.4 Å². The van der Waals surface area contributed by atoms with E-state index in [0.717, 1.165) is 34.2 Å². The number of rotatable bonds is 6. The number of ether oxygens (including phenoxy) is 2. The molecule has 0 aliphatic carbocycles. The Morgan fingerprint density at radius 3 is 2.57 bits per heavy atom. The van der Waals surface area contributed by atoms with Crippen LogP contribution in [0.4, 0.5) is 5.82 Å². The number of carbonyl (C=O) groups is 1. The molecule has 6 nitrogen and oxygen atoms in total. The summed E-state index contributed by atoms with van der Waals surface area (Å²) >= 11 is 1.79. The molecule has 7 heteroatoms. The summed E-state index contributed by atoms with van der Waals surface area (Å²) in [6.45, 7) is 1.74. The molecule has 28 heavy (non-hydrogen) atoms. The van der Waals surface area contributed by atoms with Crippen LogP contribution in [0.1, 0.15) is 18.2 Å². The molecule has 0 bridgehead atoms. The fraction of sp³-hybridized carbons (Fsp3) is 0.238. The van der Waals surface area contributed by atoms with E-state index in [-0.39, 0.29) is 5.91 Å². The van der Waals surface area contributed by atoms with Crippen molar-refractivity contribution in [1.82, 2.24) is 9.78 Å². The lowest BCUT2D eigenvalue weighted by atomic mass is 10.2. The van der Waals surface area contributed by atoms with Gasteiger partial charge >= 0.3 is 0 Å². The summed E-state index contributed by atoms with van der Waals surface area (Å²) in [5.41, 5.74) is 2.95. The number of hydrogen-bond donors (Lipinski definition) is 1. The van der Waals surface area contributed by atoms with Crippen LogP contribution in [-0.4, -0.2) is 28.9 Å². The second-order valence-electron chi connectivity index (χ2n) is 6.44. The fourth-order valence-corrected chi connectivity index (χ4v) is 4.06. The smallest absolute Gasteiger partial charge is 0.266 e. The van der Waals surface area contributed by atoms with Crippen molar-refractivity contribution < 1.29 is 14.3 Å². The van der Waals surface area contributed by atoms with Crippen LogP contribution in [0.25, 0.3) is 5.69 Å². The highest BCUT2D eigenvalue weighted by molar-refractivity contribution is 7.98. The molecule has 0 spiro atoms. The predicted octanol–water partition coefficient (Wildman–Crippen LogP) is 4.03. The summed E-state index contributed by atoms with van der Waals surface area (Å²) in [6, 6.07) is 16.9. The van der Waals surface area contributed by atoms with E-state index in [4.69, 9.17) is 14.6 Å². The molecule has 144 valence electrons. The van der Waals surface area contributed by atoms with Crippen LogP contribution in [0, 0.1) is 0 Å². The van der Waals surface area contributed by atoms with Gasteiger partial charge in [0, 0.05) is 17.1 Å². The number of hydrogen-bond acceptors (Lipinski definition) is 5. The highest BCUT2D eigenvalue weighted by atomic mass is 32.2. The van der Waals surface area contributed by atoms with Gasteiger partial charge in [0.05, 0.1) is 18.5 Å². The SMILES string of the molecule is COc1ccc(-n2nc3c(c2NC(=O)[C@@H](C)Oc2ccccc2)CSC3)cc1. The van der Waals surface area contributed by atoms with Crippen molar-refractivity contribution in [2.24, 2.45) is 0 Å². The Bertz CT molecular complexity index is 971. The van der Waals surface area contributed by atoms with Crippen LogP contribution in [0.2, 0.25) is 0 Å². The molecule has 1 aliphatic rings. The molecule has 1 amide bonds. The summed E-state index contributed by atoms with van der Waals surface area (Å²) < 4.78 is 12.8. The molecule has 1 aliphatic heterocycles. The Morgan fingerprint density at radius 2 is 1.86 bits per heavy atom. The normalized spacial score (nSPS) is 13.6. The lowest BCUT2D eigenvalue weighted by molar-refractivity contribution is -0.122. The first-order valence-electron chi connectivity index (χ1n) is 9.01. The molecule has 0 fully saturated rings. The van der Waals surface area contributed by atoms with Gasteiger partial charge in [-0.2, -0.15) is 16.9 Å². The Balaban J connectivity index is 1.58. The van der Waals surface area contributed by atoms with Crippen LogP contribution in [0.5, 0.6) is 11.5 Å². The van der Waals surface area contributed by atoms with Crippen LogP contribution in [0.15, 0.2) is 54.6 Å². The number of carbonyl (C=O) groups excluding carboxylic acids is 1. The minimum Gasteiger partial charge on any atom is -0.497 e. The number of aromatic nitrogens is 2. The van der Waals surface area contributed by atoms with Crippen LogP contribution >= 0.6 is 11.8 Å². The number of fused-ring (bicyclic) bond motifs is 1. The lowest BCUT2D eigenvalue weighted by Crippen LogP contribution is -2.31. The molecule has 1 N–H and O–H groups in total. The van der Waals surface area contributed by atoms with E-state index in [0.29, 0.717) is 11.6 Å². The van der Waals surface area contributed by atoms with Gasteiger partial charge in [0.1, 0.15) is 17.3 Å². The Labute approximate surface area is 167 Å². The van der Waals surface area contributed by atoms with E-state index in [9.17, 15) is 4.79 Å². The van der Waals surface area contributed by atoms with Crippen LogP contribution in [0.3, 0.4) is 0 Å². The van der Waals surface area contributed by atoms with E-state index in [1.54, 1.807) is 30.5 Å². The zero-order valence-corrected chi connectivity index (χ0v) is 16.5. The van der Waals surface area contributed by atoms with Gasteiger partial charge in [-0.3, -0.25) is 4.79 Å². The predicted molar refractivity (Wildman–Crippen MR) is 110 cm³/mol. The zero-order valence-electron chi connectivity index (χ0n) is 15.7. The third-order valence-corrected chi connectivity index (χ3v) is 5.51. The average Bonchev–Trinajstić information content (AvgIpc) is 3.31. The fourth-order valence-electron chi connectivity index (χ4n) is 3.03. The summed E-state index contributed by atoms with van der Waals surface area (Å²) in [4.78, 5) is 12.8. The van der Waals surface area contributed by atoms with Crippen molar-refractivity contribution in [1.29, 1.82) is 0 Å². The van der Waals surface area contributed by atoms with Crippen molar-refractivity contribution in [3.63, 3.8) is 0 Å². The number of anilines is 1. The van der Waals surface area contributed by atoms with Crippen molar-refractivity contribution in [3.8, 4) is 17.2 Å². The monoisotopic (exact) mass is 395 g/mol. The first kappa shape index (κ1) is 18.4. The molecule has 0 saturated heterocycles. The van der Waals surface area contributed by atoms with Crippen molar-refractivity contribution in [3.05, 3.63) is 65.9 Å². The molecule has 0 saturated carbocycles. The summed E-state index contributed by atoms with van der Waals surface area (Å²) in [5.74, 6) is 3.60. The molecule has 2 heterocycles. The number of nitrogens with zero attached hydrogens (tertiary/aromatic N) is 2. The minimum absolute atomic E-state index is 0.210. The van der Waals surface area contributed by atoms with Gasteiger partial charge in [0.2, 0.25) is 0 Å². The Kier molecular flexibility index (Phi) is 5.25. The second kappa shape index (κ2) is 7.98. The zero-order chi connectivity index (χ0) is 19.5. The summed E-state index contributed by atoms with van der Waals surface area (Å²) in [6.07, 6.45) is -0.633. The first-order valence-corrected chi connectivity index (χ1v) is 10.2. The van der Waals surface area contributed by atoms with Gasteiger partial charge in [-0.25, -0.2) is 4.68 Å². The number of benzene rings is 2. The summed E-state index contributed by atoms with van der Waals surface area (Å²) in [5, 5.41) is 7.74. The van der Waals surface area contributed by atoms with Gasteiger partial charge in [-0.1, -0.05) is 18.2 Å². The van der Waals surface area contributed by atoms with E-state index in [1.807, 2.05) is 54.6 Å². The Hall–Kier alpha value is -2.93. The molecule has 2 aromatic carbocycles. The number of methoxy groups -OCH3 is 1. The molecule has 1 atom stereocenters. The van der Waals surface area contributed by atoms with Gasteiger partial charge in [-0.15, -0.1) is 0 Å². The average molecular weight is 395 g/mol.